The van der Waals surface area contributed by atoms with Crippen molar-refractivity contribution in [3.8, 4) is 16.9 Å². The lowest BCUT2D eigenvalue weighted by atomic mass is 10.1. The van der Waals surface area contributed by atoms with Crippen molar-refractivity contribution in [1.29, 1.82) is 0 Å². The van der Waals surface area contributed by atoms with Gasteiger partial charge in [0.05, 0.1) is 32.8 Å². The topological polar surface area (TPSA) is 92.3 Å². The van der Waals surface area contributed by atoms with E-state index in [0.29, 0.717) is 28.0 Å². The van der Waals surface area contributed by atoms with Crippen molar-refractivity contribution in [3.05, 3.63) is 78.1 Å². The van der Waals surface area contributed by atoms with Crippen molar-refractivity contribution in [2.24, 2.45) is 0 Å². The molecule has 0 amide bonds. The maximum atomic E-state index is 12.9. The summed E-state index contributed by atoms with van der Waals surface area (Å²) in [6.07, 6.45) is -4.42. The Morgan fingerprint density at radius 3 is 2.34 bits per heavy atom. The minimum atomic E-state index is -4.42. The van der Waals surface area contributed by atoms with Crippen LogP contribution in [0.3, 0.4) is 0 Å². The van der Waals surface area contributed by atoms with Crippen LogP contribution in [0, 0.1) is 0 Å². The third-order valence-corrected chi connectivity index (χ3v) is 7.28. The number of rotatable bonds is 7. The first-order valence-corrected chi connectivity index (χ1v) is 12.3. The van der Waals surface area contributed by atoms with Crippen LogP contribution < -0.4 is 4.74 Å². The predicted octanol–water partition coefficient (Wildman–Crippen LogP) is 5.37. The Morgan fingerprint density at radius 2 is 1.69 bits per heavy atom. The molecule has 35 heavy (non-hydrogen) atoms. The summed E-state index contributed by atoms with van der Waals surface area (Å²) in [6, 6.07) is 16.2. The molecule has 0 saturated carbocycles. The SMILES string of the molecule is CC(C)(O)CS(=O)(=O)c1ccccc1-c1ccc2[nH]c(COc3ccc(C(F)(F)F)cc3)nc2c1. The zero-order chi connectivity index (χ0) is 25.4. The summed E-state index contributed by atoms with van der Waals surface area (Å²) < 4.78 is 69.6. The van der Waals surface area contributed by atoms with Crippen molar-refractivity contribution in [2.45, 2.75) is 37.1 Å². The molecule has 0 saturated heterocycles. The number of imidazole rings is 1. The Balaban J connectivity index is 1.57. The van der Waals surface area contributed by atoms with E-state index in [1.54, 1.807) is 36.4 Å². The van der Waals surface area contributed by atoms with Crippen LogP contribution in [0.2, 0.25) is 0 Å². The lowest BCUT2D eigenvalue weighted by Gasteiger charge is -2.18. The van der Waals surface area contributed by atoms with Crippen molar-refractivity contribution < 1.29 is 31.4 Å². The number of ether oxygens (including phenoxy) is 1. The molecule has 0 bridgehead atoms. The van der Waals surface area contributed by atoms with Gasteiger partial charge in [-0.05, 0) is 61.9 Å². The highest BCUT2D eigenvalue weighted by Crippen LogP contribution is 2.32. The Bertz CT molecular complexity index is 1450. The highest BCUT2D eigenvalue weighted by molar-refractivity contribution is 7.91. The Morgan fingerprint density at radius 1 is 1.00 bits per heavy atom. The molecule has 2 N–H and O–H groups in total. The summed E-state index contributed by atoms with van der Waals surface area (Å²) >= 11 is 0. The smallest absolute Gasteiger partial charge is 0.416 e. The Hall–Kier alpha value is -3.37. The third kappa shape index (κ3) is 5.83. The fraction of sp³-hybridized carbons (Fsp3) is 0.240. The average Bonchev–Trinajstić information content (AvgIpc) is 3.18. The number of hydrogen-bond acceptors (Lipinski definition) is 5. The normalized spacial score (nSPS) is 12.7. The minimum absolute atomic E-state index is 0.00588. The fourth-order valence-corrected chi connectivity index (χ4v) is 5.60. The van der Waals surface area contributed by atoms with Crippen LogP contribution in [0.25, 0.3) is 22.2 Å². The highest BCUT2D eigenvalue weighted by atomic mass is 32.2. The van der Waals surface area contributed by atoms with Crippen molar-refractivity contribution in [1.82, 2.24) is 9.97 Å². The first kappa shape index (κ1) is 24.7. The molecule has 3 aromatic carbocycles. The molecule has 4 rings (SSSR count). The van der Waals surface area contributed by atoms with Crippen LogP contribution in [0.4, 0.5) is 13.2 Å². The zero-order valence-electron chi connectivity index (χ0n) is 18.9. The predicted molar refractivity (Wildman–Crippen MR) is 126 cm³/mol. The van der Waals surface area contributed by atoms with E-state index in [4.69, 9.17) is 4.74 Å². The van der Waals surface area contributed by atoms with Gasteiger partial charge >= 0.3 is 6.18 Å². The molecule has 0 unspecified atom stereocenters. The van der Waals surface area contributed by atoms with Crippen LogP contribution in [-0.2, 0) is 22.6 Å². The van der Waals surface area contributed by atoms with E-state index in [-0.39, 0.29) is 17.3 Å². The second-order valence-electron chi connectivity index (χ2n) is 8.79. The van der Waals surface area contributed by atoms with Crippen molar-refractivity contribution in [2.75, 3.05) is 5.75 Å². The van der Waals surface area contributed by atoms with Crippen LogP contribution in [0.1, 0.15) is 25.2 Å². The number of hydrogen-bond donors (Lipinski definition) is 2. The summed E-state index contributed by atoms with van der Waals surface area (Å²) in [4.78, 5) is 7.67. The summed E-state index contributed by atoms with van der Waals surface area (Å²) in [5.74, 6) is 0.303. The first-order valence-electron chi connectivity index (χ1n) is 10.7. The van der Waals surface area contributed by atoms with E-state index in [9.17, 15) is 26.7 Å². The average molecular weight is 505 g/mol. The number of alkyl halides is 3. The summed E-state index contributed by atoms with van der Waals surface area (Å²) in [5.41, 5.74) is 0.240. The maximum absolute atomic E-state index is 12.9. The van der Waals surface area contributed by atoms with Gasteiger partial charge in [0.1, 0.15) is 18.2 Å². The van der Waals surface area contributed by atoms with Crippen LogP contribution >= 0.6 is 0 Å². The van der Waals surface area contributed by atoms with Gasteiger partial charge in [-0.2, -0.15) is 13.2 Å². The monoisotopic (exact) mass is 504 g/mol. The number of halogens is 3. The number of aromatic nitrogens is 2. The largest absolute Gasteiger partial charge is 0.486 e. The molecular formula is C25H23F3N2O4S. The van der Waals surface area contributed by atoms with Crippen LogP contribution in [0.15, 0.2) is 71.6 Å². The van der Waals surface area contributed by atoms with E-state index >= 15 is 0 Å². The van der Waals surface area contributed by atoms with Gasteiger partial charge in [-0.3, -0.25) is 0 Å². The lowest BCUT2D eigenvalue weighted by molar-refractivity contribution is -0.137. The van der Waals surface area contributed by atoms with Crippen molar-refractivity contribution in [3.63, 3.8) is 0 Å². The number of nitrogens with one attached hydrogen (secondary N) is 1. The first-order chi connectivity index (χ1) is 16.3. The van der Waals surface area contributed by atoms with Gasteiger partial charge in [0.2, 0.25) is 0 Å². The molecule has 0 aliphatic rings. The van der Waals surface area contributed by atoms with Gasteiger partial charge in [0.15, 0.2) is 9.84 Å². The molecular weight excluding hydrogens is 481 g/mol. The summed E-state index contributed by atoms with van der Waals surface area (Å²) in [7, 11) is -3.77. The molecule has 10 heteroatoms. The van der Waals surface area contributed by atoms with Gasteiger partial charge in [-0.15, -0.1) is 0 Å². The molecule has 0 aliphatic heterocycles. The molecule has 0 fully saturated rings. The second kappa shape index (κ2) is 9.01. The molecule has 0 spiro atoms. The highest BCUT2D eigenvalue weighted by Gasteiger charge is 2.30. The van der Waals surface area contributed by atoms with Gasteiger partial charge in [-0.1, -0.05) is 24.3 Å². The van der Waals surface area contributed by atoms with E-state index in [1.165, 1.54) is 32.0 Å². The van der Waals surface area contributed by atoms with Crippen LogP contribution in [0.5, 0.6) is 5.75 Å². The van der Waals surface area contributed by atoms with E-state index in [2.05, 4.69) is 9.97 Å². The standard InChI is InChI=1S/C25H23F3N2O4S/c1-24(2,31)15-35(32,33)22-6-4-3-5-19(22)16-7-12-20-21(13-16)30-23(29-20)14-34-18-10-8-17(9-11-18)25(26,27)28/h3-13,31H,14-15H2,1-2H3,(H,29,30). The second-order valence-corrected chi connectivity index (χ2v) is 10.8. The number of sulfone groups is 1. The third-order valence-electron chi connectivity index (χ3n) is 5.17. The summed E-state index contributed by atoms with van der Waals surface area (Å²) in [6.45, 7) is 2.89. The van der Waals surface area contributed by atoms with E-state index in [1.807, 2.05) is 0 Å². The number of fused-ring (bicyclic) bond motifs is 1. The van der Waals surface area contributed by atoms with Gasteiger partial charge in [-0.25, -0.2) is 13.4 Å². The summed E-state index contributed by atoms with van der Waals surface area (Å²) in [5, 5.41) is 10.0. The molecule has 184 valence electrons. The number of nitrogens with zero attached hydrogens (tertiary/aromatic N) is 1. The molecule has 0 aliphatic carbocycles. The Kier molecular flexibility index (Phi) is 6.37. The molecule has 0 atom stereocenters. The van der Waals surface area contributed by atoms with Crippen molar-refractivity contribution >= 4 is 20.9 Å². The molecule has 6 nitrogen and oxygen atoms in total. The molecule has 1 aromatic heterocycles. The number of aromatic amines is 1. The molecule has 0 radical (unpaired) electrons. The zero-order valence-corrected chi connectivity index (χ0v) is 19.7. The Labute approximate surface area is 200 Å². The number of H-pyrrole nitrogens is 1. The number of aliphatic hydroxyl groups is 1. The maximum Gasteiger partial charge on any atom is 0.416 e. The molecule has 4 aromatic rings. The number of benzene rings is 3. The van der Waals surface area contributed by atoms with E-state index in [0.717, 1.165) is 12.1 Å². The van der Waals surface area contributed by atoms with Gasteiger partial charge in [0, 0.05) is 5.56 Å². The van der Waals surface area contributed by atoms with Gasteiger partial charge in [0.25, 0.3) is 0 Å². The fourth-order valence-electron chi connectivity index (χ4n) is 3.71. The quantitative estimate of drug-likeness (QED) is 0.353. The lowest BCUT2D eigenvalue weighted by Crippen LogP contribution is -2.30. The van der Waals surface area contributed by atoms with Gasteiger partial charge < -0.3 is 14.8 Å². The molecule has 1 heterocycles. The van der Waals surface area contributed by atoms with Crippen LogP contribution in [-0.4, -0.2) is 34.8 Å². The minimum Gasteiger partial charge on any atom is -0.486 e. The van der Waals surface area contributed by atoms with E-state index < -0.39 is 32.9 Å².